The van der Waals surface area contributed by atoms with E-state index >= 15 is 0 Å². The lowest BCUT2D eigenvalue weighted by molar-refractivity contribution is -0.132. The number of hydrogen-bond donors (Lipinski definition) is 3. The van der Waals surface area contributed by atoms with Crippen LogP contribution in [0.4, 0.5) is 0 Å². The molecule has 0 aliphatic heterocycles. The van der Waals surface area contributed by atoms with Crippen molar-refractivity contribution < 1.29 is 37.2 Å². The van der Waals surface area contributed by atoms with Crippen molar-refractivity contribution in [2.75, 3.05) is 19.8 Å². The zero-order valence-electron chi connectivity index (χ0n) is 21.2. The molecule has 0 fully saturated rings. The molecule has 0 radical (unpaired) electrons. The summed E-state index contributed by atoms with van der Waals surface area (Å²) in [4.78, 5) is 9.60. The average Bonchev–Trinajstić information content (AvgIpc) is 2.49. The van der Waals surface area contributed by atoms with Crippen LogP contribution in [0.25, 0.3) is 0 Å². The van der Waals surface area contributed by atoms with Crippen LogP contribution in [-0.2, 0) is 21.9 Å². The van der Waals surface area contributed by atoms with E-state index in [1.807, 2.05) is 0 Å². The fourth-order valence-corrected chi connectivity index (χ4v) is 16.9. The Morgan fingerprint density at radius 2 is 1.26 bits per heavy atom. The van der Waals surface area contributed by atoms with Gasteiger partial charge in [-0.1, -0.05) is 6.58 Å². The third-order valence-electron chi connectivity index (χ3n) is 3.04. The van der Waals surface area contributed by atoms with Gasteiger partial charge in [-0.2, -0.15) is 0 Å². The lowest BCUT2D eigenvalue weighted by Crippen LogP contribution is -2.60. The normalized spacial score (nSPS) is 13.9. The molecule has 0 amide bonds. The molecular formula is C19H46O8Si4. The molecule has 1 unspecified atom stereocenters. The summed E-state index contributed by atoms with van der Waals surface area (Å²) in [6, 6.07) is 0.723. The molecule has 186 valence electrons. The van der Waals surface area contributed by atoms with Gasteiger partial charge in [0.1, 0.15) is 6.10 Å². The van der Waals surface area contributed by atoms with Crippen LogP contribution >= 0.6 is 0 Å². The number of hydrogen-bond acceptors (Lipinski definition) is 7. The second kappa shape index (κ2) is 14.2. The Kier molecular flexibility index (Phi) is 15.1. The van der Waals surface area contributed by atoms with E-state index in [0.29, 0.717) is 6.61 Å². The van der Waals surface area contributed by atoms with E-state index < -0.39 is 45.8 Å². The molecule has 0 heterocycles. The van der Waals surface area contributed by atoms with Gasteiger partial charge in [0, 0.05) is 18.2 Å². The van der Waals surface area contributed by atoms with Crippen LogP contribution in [-0.4, -0.2) is 81.0 Å². The lowest BCUT2D eigenvalue weighted by atomic mass is 10.4. The maximum absolute atomic E-state index is 9.60. The van der Waals surface area contributed by atoms with Gasteiger partial charge in [0.2, 0.25) is 0 Å². The SMILES string of the molecule is C=C(C)C(=O)O.C[Si](C)(C)O[Si](CCCOCC(O)CO)(O[Si](C)(C)C)O[Si](C)(C)C. The number of ether oxygens (including phenoxy) is 1. The first kappa shape index (κ1) is 33.0. The molecule has 0 rings (SSSR count). The summed E-state index contributed by atoms with van der Waals surface area (Å²) < 4.78 is 25.2. The van der Waals surface area contributed by atoms with Crippen LogP contribution in [0.3, 0.4) is 0 Å². The summed E-state index contributed by atoms with van der Waals surface area (Å²) in [5.74, 6) is -0.935. The van der Waals surface area contributed by atoms with E-state index in [9.17, 15) is 9.90 Å². The summed E-state index contributed by atoms with van der Waals surface area (Å²) in [5.41, 5.74) is 0.176. The van der Waals surface area contributed by atoms with Crippen molar-refractivity contribution in [1.82, 2.24) is 0 Å². The van der Waals surface area contributed by atoms with Gasteiger partial charge in [0.25, 0.3) is 0 Å². The highest BCUT2D eigenvalue weighted by Crippen LogP contribution is 2.29. The monoisotopic (exact) mass is 514 g/mol. The fourth-order valence-electron chi connectivity index (χ4n) is 2.28. The molecular weight excluding hydrogens is 469 g/mol. The van der Waals surface area contributed by atoms with Crippen LogP contribution in [0.5, 0.6) is 0 Å². The van der Waals surface area contributed by atoms with Gasteiger partial charge in [0.05, 0.1) is 13.2 Å². The van der Waals surface area contributed by atoms with Crippen molar-refractivity contribution >= 4 is 39.7 Å². The van der Waals surface area contributed by atoms with Gasteiger partial charge in [0.15, 0.2) is 25.0 Å². The number of aliphatic hydroxyl groups excluding tert-OH is 2. The molecule has 12 heteroatoms. The minimum atomic E-state index is -2.79. The van der Waals surface area contributed by atoms with Crippen molar-refractivity contribution in [3.8, 4) is 0 Å². The average molecular weight is 515 g/mol. The minimum absolute atomic E-state index is 0.143. The third-order valence-corrected chi connectivity index (χ3v) is 15.1. The van der Waals surface area contributed by atoms with Crippen LogP contribution < -0.4 is 0 Å². The quantitative estimate of drug-likeness (QED) is 0.182. The maximum atomic E-state index is 9.60. The van der Waals surface area contributed by atoms with E-state index in [0.717, 1.165) is 12.5 Å². The summed E-state index contributed by atoms with van der Waals surface area (Å²) >= 11 is 0. The maximum Gasteiger partial charge on any atom is 0.469 e. The van der Waals surface area contributed by atoms with Crippen molar-refractivity contribution in [2.45, 2.75) is 84.4 Å². The first-order chi connectivity index (χ1) is 13.7. The van der Waals surface area contributed by atoms with Crippen LogP contribution in [0.1, 0.15) is 13.3 Å². The van der Waals surface area contributed by atoms with Crippen LogP contribution in [0.15, 0.2) is 12.2 Å². The molecule has 8 nitrogen and oxygen atoms in total. The van der Waals surface area contributed by atoms with Gasteiger partial charge in [-0.15, -0.1) is 0 Å². The lowest BCUT2D eigenvalue weighted by Gasteiger charge is -2.42. The van der Waals surface area contributed by atoms with Crippen LogP contribution in [0.2, 0.25) is 65.0 Å². The van der Waals surface area contributed by atoms with Gasteiger partial charge in [-0.05, 0) is 72.3 Å². The van der Waals surface area contributed by atoms with Gasteiger partial charge >= 0.3 is 14.8 Å². The molecule has 0 aliphatic carbocycles. The second-order valence-corrected chi connectivity index (χ2v) is 27.4. The summed E-state index contributed by atoms with van der Waals surface area (Å²) in [6.45, 7) is 24.5. The minimum Gasteiger partial charge on any atom is -0.478 e. The highest BCUT2D eigenvalue weighted by molar-refractivity contribution is 6.90. The van der Waals surface area contributed by atoms with E-state index in [-0.39, 0.29) is 18.8 Å². The van der Waals surface area contributed by atoms with E-state index in [1.165, 1.54) is 6.92 Å². The molecule has 0 bridgehead atoms. The molecule has 0 aromatic rings. The zero-order valence-corrected chi connectivity index (χ0v) is 25.2. The second-order valence-electron chi connectivity index (χ2n) is 10.4. The molecule has 0 saturated heterocycles. The Morgan fingerprint density at radius 1 is 0.903 bits per heavy atom. The number of aliphatic hydroxyl groups is 2. The Labute approximate surface area is 193 Å². The first-order valence-corrected chi connectivity index (χ1v) is 22.7. The molecule has 0 spiro atoms. The fraction of sp³-hybridized carbons (Fsp3) is 0.842. The van der Waals surface area contributed by atoms with E-state index in [1.54, 1.807) is 0 Å². The van der Waals surface area contributed by atoms with Crippen molar-refractivity contribution in [1.29, 1.82) is 0 Å². The number of aliphatic carboxylic acids is 1. The third kappa shape index (κ3) is 21.4. The van der Waals surface area contributed by atoms with Crippen molar-refractivity contribution in [2.24, 2.45) is 0 Å². The number of carboxylic acid groups (broad SMARTS) is 1. The summed E-state index contributed by atoms with van der Waals surface area (Å²) in [6.07, 6.45) is -0.0687. The molecule has 1 atom stereocenters. The number of carbonyl (C=O) groups is 1. The van der Waals surface area contributed by atoms with E-state index in [4.69, 9.17) is 27.3 Å². The topological polar surface area (TPSA) is 115 Å². The highest BCUT2D eigenvalue weighted by atomic mass is 28.5. The molecule has 3 N–H and O–H groups in total. The standard InChI is InChI=1S/C15H40O6Si4.C4H6O2/c1-22(2,3)19-25(20-23(4,5)6,21-24(7,8)9)12-10-11-18-14-15(17)13-16;1-3(2)4(5)6/h15-17H,10-14H2,1-9H3;1H2,2H3,(H,5,6). The largest absolute Gasteiger partial charge is 0.478 e. The molecule has 0 aliphatic rings. The van der Waals surface area contributed by atoms with Crippen molar-refractivity contribution in [3.63, 3.8) is 0 Å². The van der Waals surface area contributed by atoms with Crippen molar-refractivity contribution in [3.05, 3.63) is 12.2 Å². The first-order valence-electron chi connectivity index (χ1n) is 10.6. The predicted octanol–water partition coefficient (Wildman–Crippen LogP) is 3.89. The van der Waals surface area contributed by atoms with E-state index in [2.05, 4.69) is 65.5 Å². The van der Waals surface area contributed by atoms with Gasteiger partial charge < -0.3 is 32.4 Å². The Morgan fingerprint density at radius 3 is 1.52 bits per heavy atom. The number of rotatable bonds is 14. The Hall–Kier alpha value is -0.162. The zero-order chi connectivity index (χ0) is 25.1. The number of carboxylic acids is 1. The Balaban J connectivity index is 0. The van der Waals surface area contributed by atoms with Crippen LogP contribution in [0, 0.1) is 0 Å². The predicted molar refractivity (Wildman–Crippen MR) is 135 cm³/mol. The molecule has 0 aromatic carbocycles. The summed E-state index contributed by atoms with van der Waals surface area (Å²) in [7, 11) is -8.32. The molecule has 0 aromatic heterocycles. The summed E-state index contributed by atoms with van der Waals surface area (Å²) in [5, 5.41) is 26.1. The highest BCUT2D eigenvalue weighted by Gasteiger charge is 2.49. The Bertz CT molecular complexity index is 486. The van der Waals surface area contributed by atoms with Gasteiger partial charge in [-0.25, -0.2) is 4.79 Å². The van der Waals surface area contributed by atoms with Gasteiger partial charge in [-0.3, -0.25) is 0 Å². The smallest absolute Gasteiger partial charge is 0.469 e. The molecule has 0 saturated carbocycles. The molecule has 31 heavy (non-hydrogen) atoms.